The van der Waals surface area contributed by atoms with Gasteiger partial charge in [-0.3, -0.25) is 13.9 Å². The number of amides is 2. The number of hydrogen-bond acceptors (Lipinski definition) is 4. The van der Waals surface area contributed by atoms with Crippen LogP contribution in [0.1, 0.15) is 36.1 Å². The molecule has 2 amide bonds. The summed E-state index contributed by atoms with van der Waals surface area (Å²) >= 11 is 6.38. The van der Waals surface area contributed by atoms with Crippen LogP contribution in [0.2, 0.25) is 5.02 Å². The maximum atomic E-state index is 13.9. The Morgan fingerprint density at radius 1 is 0.921 bits per heavy atom. The molecule has 1 N–H and O–H groups in total. The molecule has 0 radical (unpaired) electrons. The third-order valence-corrected chi connectivity index (χ3v) is 8.36. The summed E-state index contributed by atoms with van der Waals surface area (Å²) in [5.74, 6) is -0.870. The van der Waals surface area contributed by atoms with Crippen molar-refractivity contribution in [1.82, 2.24) is 10.2 Å². The van der Waals surface area contributed by atoms with E-state index in [-0.39, 0.29) is 17.3 Å². The van der Waals surface area contributed by atoms with Crippen molar-refractivity contribution in [3.8, 4) is 0 Å². The Labute approximate surface area is 230 Å². The SMILES string of the molecule is CCNC(=O)[C@H](C)N(Cc1ccccc1Cl)C(=O)CN(c1cc(C)cc(C)c1)S(=O)(=O)c1ccc(C)cc1. The minimum absolute atomic E-state index is 0.0437. The average molecular weight is 556 g/mol. The van der Waals surface area contributed by atoms with Crippen LogP contribution in [-0.2, 0) is 26.2 Å². The highest BCUT2D eigenvalue weighted by atomic mass is 35.5. The quantitative estimate of drug-likeness (QED) is 0.381. The number of nitrogens with one attached hydrogen (secondary N) is 1. The average Bonchev–Trinajstić information content (AvgIpc) is 2.86. The second-order valence-electron chi connectivity index (χ2n) is 9.35. The Bertz CT molecular complexity index is 1390. The lowest BCUT2D eigenvalue weighted by Crippen LogP contribution is -2.51. The normalized spacial score (nSPS) is 12.1. The van der Waals surface area contributed by atoms with Crippen molar-refractivity contribution < 1.29 is 18.0 Å². The monoisotopic (exact) mass is 555 g/mol. The number of rotatable bonds is 10. The van der Waals surface area contributed by atoms with E-state index < -0.39 is 28.5 Å². The molecule has 0 aliphatic carbocycles. The first-order valence-corrected chi connectivity index (χ1v) is 14.2. The lowest BCUT2D eigenvalue weighted by Gasteiger charge is -2.32. The molecule has 7 nitrogen and oxygen atoms in total. The smallest absolute Gasteiger partial charge is 0.264 e. The van der Waals surface area contributed by atoms with Gasteiger partial charge in [-0.1, -0.05) is 53.6 Å². The summed E-state index contributed by atoms with van der Waals surface area (Å²) in [6.45, 7) is 8.97. The Morgan fingerprint density at radius 2 is 1.53 bits per heavy atom. The molecule has 9 heteroatoms. The molecule has 0 saturated carbocycles. The van der Waals surface area contributed by atoms with Gasteiger partial charge in [-0.05, 0) is 81.6 Å². The largest absolute Gasteiger partial charge is 0.355 e. The van der Waals surface area contributed by atoms with Gasteiger partial charge < -0.3 is 10.2 Å². The molecule has 3 rings (SSSR count). The Balaban J connectivity index is 2.08. The van der Waals surface area contributed by atoms with E-state index in [0.717, 1.165) is 21.0 Å². The highest BCUT2D eigenvalue weighted by Crippen LogP contribution is 2.27. The number of aryl methyl sites for hydroxylation is 3. The maximum Gasteiger partial charge on any atom is 0.264 e. The summed E-state index contributed by atoms with van der Waals surface area (Å²) in [6.07, 6.45) is 0. The first-order valence-electron chi connectivity index (χ1n) is 12.4. The van der Waals surface area contributed by atoms with Gasteiger partial charge in [0, 0.05) is 18.1 Å². The third kappa shape index (κ3) is 6.94. The molecule has 1 atom stereocenters. The van der Waals surface area contributed by atoms with Crippen molar-refractivity contribution in [2.75, 3.05) is 17.4 Å². The van der Waals surface area contributed by atoms with E-state index in [2.05, 4.69) is 5.32 Å². The molecular weight excluding hydrogens is 522 g/mol. The van der Waals surface area contributed by atoms with Crippen molar-refractivity contribution in [2.45, 2.75) is 52.1 Å². The molecule has 38 heavy (non-hydrogen) atoms. The molecule has 0 unspecified atom stereocenters. The number of carbonyl (C=O) groups is 2. The van der Waals surface area contributed by atoms with Gasteiger partial charge in [0.15, 0.2) is 0 Å². The molecule has 0 spiro atoms. The van der Waals surface area contributed by atoms with E-state index >= 15 is 0 Å². The fraction of sp³-hybridized carbons (Fsp3) is 0.310. The fourth-order valence-corrected chi connectivity index (χ4v) is 5.77. The summed E-state index contributed by atoms with van der Waals surface area (Å²) in [5, 5.41) is 3.20. The number of hydrogen-bond donors (Lipinski definition) is 1. The number of halogens is 1. The predicted molar refractivity (Wildman–Crippen MR) is 152 cm³/mol. The molecule has 3 aromatic rings. The van der Waals surface area contributed by atoms with Crippen LogP contribution in [0, 0.1) is 20.8 Å². The zero-order valence-corrected chi connectivity index (χ0v) is 23.9. The zero-order valence-electron chi connectivity index (χ0n) is 22.4. The van der Waals surface area contributed by atoms with Crippen molar-refractivity contribution in [3.63, 3.8) is 0 Å². The molecule has 0 saturated heterocycles. The molecule has 0 fully saturated rings. The van der Waals surface area contributed by atoms with Gasteiger partial charge in [0.2, 0.25) is 11.8 Å². The van der Waals surface area contributed by atoms with Crippen molar-refractivity contribution in [1.29, 1.82) is 0 Å². The fourth-order valence-electron chi connectivity index (χ4n) is 4.18. The van der Waals surface area contributed by atoms with Crippen molar-refractivity contribution in [2.24, 2.45) is 0 Å². The first kappa shape index (κ1) is 29.2. The summed E-state index contributed by atoms with van der Waals surface area (Å²) < 4.78 is 28.9. The number of anilines is 1. The van der Waals surface area contributed by atoms with Crippen LogP contribution in [0.25, 0.3) is 0 Å². The molecule has 0 heterocycles. The van der Waals surface area contributed by atoms with Gasteiger partial charge in [0.05, 0.1) is 10.6 Å². The van der Waals surface area contributed by atoms with Gasteiger partial charge in [-0.2, -0.15) is 0 Å². The maximum absolute atomic E-state index is 13.9. The third-order valence-electron chi connectivity index (χ3n) is 6.20. The second-order valence-corrected chi connectivity index (χ2v) is 11.6. The number of benzene rings is 3. The zero-order chi connectivity index (χ0) is 28.0. The number of likely N-dealkylation sites (N-methyl/N-ethyl adjacent to an activating group) is 1. The Kier molecular flexibility index (Phi) is 9.57. The van der Waals surface area contributed by atoms with Crippen molar-refractivity contribution in [3.05, 3.63) is 94.0 Å². The molecule has 3 aromatic carbocycles. The first-order chi connectivity index (χ1) is 17.9. The summed E-state index contributed by atoms with van der Waals surface area (Å²) in [7, 11) is -4.11. The standard InChI is InChI=1S/C29H34ClN3O4S/c1-6-31-29(35)23(5)32(18-24-9-7-8-10-27(24)30)28(34)19-33(25-16-21(3)15-22(4)17-25)38(36,37)26-13-11-20(2)12-14-26/h7-17,23H,6,18-19H2,1-5H3,(H,31,35)/t23-/m0/s1. The lowest BCUT2D eigenvalue weighted by molar-refractivity contribution is -0.139. The Hall–Kier alpha value is -3.36. The molecule has 0 aromatic heterocycles. The van der Waals surface area contributed by atoms with Crippen LogP contribution >= 0.6 is 11.6 Å². The highest BCUT2D eigenvalue weighted by molar-refractivity contribution is 7.92. The van der Waals surface area contributed by atoms with Crippen LogP contribution in [0.5, 0.6) is 0 Å². The van der Waals surface area contributed by atoms with Crippen molar-refractivity contribution >= 4 is 39.1 Å². The molecular formula is C29H34ClN3O4S. The van der Waals surface area contributed by atoms with Crippen LogP contribution in [0.15, 0.2) is 71.6 Å². The van der Waals surface area contributed by atoms with Crippen LogP contribution in [-0.4, -0.2) is 44.3 Å². The van der Waals surface area contributed by atoms with E-state index in [9.17, 15) is 18.0 Å². The van der Waals surface area contributed by atoms with Crippen LogP contribution in [0.4, 0.5) is 5.69 Å². The van der Waals surface area contributed by atoms with E-state index in [1.807, 2.05) is 26.8 Å². The van der Waals surface area contributed by atoms with Gasteiger partial charge in [0.25, 0.3) is 10.0 Å². The summed E-state index contributed by atoms with van der Waals surface area (Å²) in [5.41, 5.74) is 3.66. The number of carbonyl (C=O) groups excluding carboxylic acids is 2. The highest BCUT2D eigenvalue weighted by Gasteiger charge is 2.32. The summed E-state index contributed by atoms with van der Waals surface area (Å²) in [4.78, 5) is 28.1. The molecule has 202 valence electrons. The molecule has 0 aliphatic rings. The van der Waals surface area contributed by atoms with Gasteiger partial charge in [-0.15, -0.1) is 0 Å². The van der Waals surface area contributed by atoms with E-state index in [4.69, 9.17) is 11.6 Å². The van der Waals surface area contributed by atoms with Gasteiger partial charge >= 0.3 is 0 Å². The molecule has 0 aliphatic heterocycles. The predicted octanol–water partition coefficient (Wildman–Crippen LogP) is 5.01. The van der Waals surface area contributed by atoms with E-state index in [1.54, 1.807) is 62.4 Å². The number of nitrogens with zero attached hydrogens (tertiary/aromatic N) is 2. The van der Waals surface area contributed by atoms with Crippen LogP contribution in [0.3, 0.4) is 0 Å². The number of sulfonamides is 1. The minimum atomic E-state index is -4.11. The topological polar surface area (TPSA) is 86.8 Å². The van der Waals surface area contributed by atoms with E-state index in [1.165, 1.54) is 17.0 Å². The lowest BCUT2D eigenvalue weighted by atomic mass is 10.1. The summed E-state index contributed by atoms with van der Waals surface area (Å²) in [6, 6.07) is 18.1. The second kappa shape index (κ2) is 12.5. The molecule has 0 bridgehead atoms. The van der Waals surface area contributed by atoms with E-state index in [0.29, 0.717) is 22.8 Å². The van der Waals surface area contributed by atoms with Crippen LogP contribution < -0.4 is 9.62 Å². The van der Waals surface area contributed by atoms with Gasteiger partial charge in [0.1, 0.15) is 12.6 Å². The minimum Gasteiger partial charge on any atom is -0.355 e. The Morgan fingerprint density at radius 3 is 2.11 bits per heavy atom. The van der Waals surface area contributed by atoms with Gasteiger partial charge in [-0.25, -0.2) is 8.42 Å².